The number of thioether (sulfide) groups is 1. The van der Waals surface area contributed by atoms with Crippen LogP contribution in [0.15, 0.2) is 4.90 Å². The van der Waals surface area contributed by atoms with Crippen LogP contribution in [0.5, 0.6) is 0 Å². The first-order valence-corrected chi connectivity index (χ1v) is 7.95. The minimum atomic E-state index is 0.604. The smallest absolute Gasteiger partial charge is 0.153 e. The zero-order valence-electron chi connectivity index (χ0n) is 10.6. The van der Waals surface area contributed by atoms with Gasteiger partial charge in [0.1, 0.15) is 5.00 Å². The second-order valence-corrected chi connectivity index (χ2v) is 5.90. The summed E-state index contributed by atoms with van der Waals surface area (Å²) in [4.78, 5) is 6.09. The Balaban J connectivity index is 2.13. The van der Waals surface area contributed by atoms with E-state index in [1.54, 1.807) is 11.8 Å². The average Bonchev–Trinajstić information content (AvgIpc) is 2.70. The minimum absolute atomic E-state index is 0.604. The molecule has 2 rings (SSSR count). The lowest BCUT2D eigenvalue weighted by molar-refractivity contribution is 0.199. The van der Waals surface area contributed by atoms with Crippen LogP contribution in [0, 0.1) is 0 Å². The van der Waals surface area contributed by atoms with Gasteiger partial charge in [-0.3, -0.25) is 4.90 Å². The van der Waals surface area contributed by atoms with E-state index in [1.807, 2.05) is 0 Å². The zero-order valence-corrected chi connectivity index (χ0v) is 12.3. The molecule has 1 aromatic rings. The molecule has 4 nitrogen and oxygen atoms in total. The fourth-order valence-corrected chi connectivity index (χ4v) is 4.05. The normalized spacial score (nSPS) is 22.1. The van der Waals surface area contributed by atoms with Gasteiger partial charge in [-0.15, -0.1) is 11.8 Å². The van der Waals surface area contributed by atoms with Crippen LogP contribution in [0.4, 0.5) is 10.8 Å². The Labute approximate surface area is 111 Å². The molecule has 0 saturated carbocycles. The molecular formula is C11H20N4S2. The molecule has 0 amide bonds. The lowest BCUT2D eigenvalue weighted by Gasteiger charge is -2.39. The van der Waals surface area contributed by atoms with Gasteiger partial charge in [0.15, 0.2) is 5.82 Å². The molecule has 1 saturated heterocycles. The summed E-state index contributed by atoms with van der Waals surface area (Å²) in [6, 6.07) is 0.604. The molecule has 2 heterocycles. The molecule has 0 spiro atoms. The highest BCUT2D eigenvalue weighted by Gasteiger charge is 2.25. The maximum atomic E-state index is 5.89. The van der Waals surface area contributed by atoms with Gasteiger partial charge in [0.25, 0.3) is 0 Å². The maximum absolute atomic E-state index is 5.89. The number of likely N-dealkylation sites (N-methyl/N-ethyl adjacent to an activating group) is 1. The number of nitrogen functional groups attached to an aromatic ring is 1. The molecule has 1 aliphatic heterocycles. The standard InChI is InChI=1S/C11H20N4S2/c1-4-14-5-6-15(7-8(14)2)11-9(16-3)10(12)13-17-11/h8H,4-7H2,1-3H3,(H2,12,13). The van der Waals surface area contributed by atoms with Crippen molar-refractivity contribution in [2.24, 2.45) is 0 Å². The molecule has 17 heavy (non-hydrogen) atoms. The lowest BCUT2D eigenvalue weighted by Crippen LogP contribution is -2.51. The molecule has 0 radical (unpaired) electrons. The summed E-state index contributed by atoms with van der Waals surface area (Å²) in [7, 11) is 0. The Kier molecular flexibility index (Phi) is 4.17. The third-order valence-corrected chi connectivity index (χ3v) is 5.18. The van der Waals surface area contributed by atoms with Crippen LogP contribution in [0.1, 0.15) is 13.8 Å². The highest BCUT2D eigenvalue weighted by molar-refractivity contribution is 7.99. The summed E-state index contributed by atoms with van der Waals surface area (Å²) in [5.41, 5.74) is 5.89. The summed E-state index contributed by atoms with van der Waals surface area (Å²) in [6.45, 7) is 8.93. The molecule has 1 atom stereocenters. The van der Waals surface area contributed by atoms with Crippen molar-refractivity contribution in [2.75, 3.05) is 43.1 Å². The van der Waals surface area contributed by atoms with Crippen molar-refractivity contribution in [3.8, 4) is 0 Å². The van der Waals surface area contributed by atoms with Crippen LogP contribution >= 0.6 is 23.3 Å². The van der Waals surface area contributed by atoms with Crippen LogP contribution < -0.4 is 10.6 Å². The van der Waals surface area contributed by atoms with E-state index in [-0.39, 0.29) is 0 Å². The summed E-state index contributed by atoms with van der Waals surface area (Å²) in [6.07, 6.45) is 2.06. The van der Waals surface area contributed by atoms with E-state index in [9.17, 15) is 0 Å². The van der Waals surface area contributed by atoms with Crippen LogP contribution in [-0.4, -0.2) is 47.8 Å². The fraction of sp³-hybridized carbons (Fsp3) is 0.727. The van der Waals surface area contributed by atoms with E-state index in [0.29, 0.717) is 11.9 Å². The van der Waals surface area contributed by atoms with Gasteiger partial charge >= 0.3 is 0 Å². The topological polar surface area (TPSA) is 45.4 Å². The number of piperazine rings is 1. The highest BCUT2D eigenvalue weighted by Crippen LogP contribution is 2.38. The van der Waals surface area contributed by atoms with E-state index in [2.05, 4.69) is 34.3 Å². The molecule has 6 heteroatoms. The van der Waals surface area contributed by atoms with Crippen LogP contribution in [-0.2, 0) is 0 Å². The Bertz CT molecular complexity index is 380. The monoisotopic (exact) mass is 272 g/mol. The number of anilines is 2. The predicted molar refractivity (Wildman–Crippen MR) is 77.2 cm³/mol. The molecule has 1 fully saturated rings. The van der Waals surface area contributed by atoms with Gasteiger partial charge < -0.3 is 10.6 Å². The highest BCUT2D eigenvalue weighted by atomic mass is 32.2. The van der Waals surface area contributed by atoms with E-state index in [0.717, 1.165) is 31.1 Å². The molecular weight excluding hydrogens is 252 g/mol. The number of rotatable bonds is 3. The Morgan fingerprint density at radius 2 is 2.29 bits per heavy atom. The van der Waals surface area contributed by atoms with Crippen molar-refractivity contribution in [2.45, 2.75) is 24.8 Å². The fourth-order valence-electron chi connectivity index (χ4n) is 2.33. The average molecular weight is 272 g/mol. The van der Waals surface area contributed by atoms with Crippen molar-refractivity contribution >= 4 is 34.1 Å². The van der Waals surface area contributed by atoms with Gasteiger partial charge in [0.05, 0.1) is 4.90 Å². The first-order valence-electron chi connectivity index (χ1n) is 5.95. The molecule has 1 aliphatic rings. The summed E-state index contributed by atoms with van der Waals surface area (Å²) in [5.74, 6) is 0.683. The predicted octanol–water partition coefficient (Wildman–Crippen LogP) is 1.98. The SMILES string of the molecule is CCN1CCN(c2snc(N)c2SC)CC1C. The van der Waals surface area contributed by atoms with Crippen LogP contribution in [0.3, 0.4) is 0 Å². The molecule has 1 unspecified atom stereocenters. The third-order valence-electron chi connectivity index (χ3n) is 3.32. The molecule has 0 bridgehead atoms. The van der Waals surface area contributed by atoms with E-state index >= 15 is 0 Å². The Morgan fingerprint density at radius 1 is 1.53 bits per heavy atom. The molecule has 96 valence electrons. The second kappa shape index (κ2) is 5.46. The minimum Gasteiger partial charge on any atom is -0.382 e. The van der Waals surface area contributed by atoms with Crippen molar-refractivity contribution in [1.82, 2.24) is 9.27 Å². The molecule has 0 aromatic carbocycles. The molecule has 2 N–H and O–H groups in total. The molecule has 0 aliphatic carbocycles. The number of nitrogens with two attached hydrogens (primary N) is 1. The van der Waals surface area contributed by atoms with Crippen LogP contribution in [0.25, 0.3) is 0 Å². The maximum Gasteiger partial charge on any atom is 0.153 e. The van der Waals surface area contributed by atoms with E-state index in [1.165, 1.54) is 16.5 Å². The first-order chi connectivity index (χ1) is 8.17. The van der Waals surface area contributed by atoms with Crippen molar-refractivity contribution in [3.05, 3.63) is 0 Å². The number of hydrogen-bond donors (Lipinski definition) is 1. The largest absolute Gasteiger partial charge is 0.382 e. The first kappa shape index (κ1) is 13.0. The van der Waals surface area contributed by atoms with Gasteiger partial charge in [-0.05, 0) is 31.3 Å². The van der Waals surface area contributed by atoms with Gasteiger partial charge in [0.2, 0.25) is 0 Å². The summed E-state index contributed by atoms with van der Waals surface area (Å²) < 4.78 is 4.27. The number of nitrogens with zero attached hydrogens (tertiary/aromatic N) is 3. The van der Waals surface area contributed by atoms with Crippen molar-refractivity contribution < 1.29 is 0 Å². The Hall–Kier alpha value is -0.460. The summed E-state index contributed by atoms with van der Waals surface area (Å²) >= 11 is 3.23. The van der Waals surface area contributed by atoms with E-state index < -0.39 is 0 Å². The van der Waals surface area contributed by atoms with Gasteiger partial charge in [-0.1, -0.05) is 6.92 Å². The number of hydrogen-bond acceptors (Lipinski definition) is 6. The van der Waals surface area contributed by atoms with Gasteiger partial charge in [-0.2, -0.15) is 4.37 Å². The van der Waals surface area contributed by atoms with E-state index in [4.69, 9.17) is 5.73 Å². The van der Waals surface area contributed by atoms with Gasteiger partial charge in [-0.25, -0.2) is 0 Å². The third kappa shape index (κ3) is 2.53. The quantitative estimate of drug-likeness (QED) is 0.853. The molecule has 1 aromatic heterocycles. The Morgan fingerprint density at radius 3 is 2.88 bits per heavy atom. The lowest BCUT2D eigenvalue weighted by atomic mass is 10.2. The van der Waals surface area contributed by atoms with Crippen molar-refractivity contribution in [1.29, 1.82) is 0 Å². The van der Waals surface area contributed by atoms with Crippen LogP contribution in [0.2, 0.25) is 0 Å². The second-order valence-electron chi connectivity index (χ2n) is 4.33. The van der Waals surface area contributed by atoms with Crippen molar-refractivity contribution in [3.63, 3.8) is 0 Å². The summed E-state index contributed by atoms with van der Waals surface area (Å²) in [5, 5.41) is 1.25. The zero-order chi connectivity index (χ0) is 12.4. The van der Waals surface area contributed by atoms with Gasteiger partial charge in [0, 0.05) is 25.7 Å². The number of aromatic nitrogens is 1.